The Labute approximate surface area is 123 Å². The van der Waals surface area contributed by atoms with E-state index in [0.717, 1.165) is 20.7 Å². The predicted octanol–water partition coefficient (Wildman–Crippen LogP) is 3.73. The van der Waals surface area contributed by atoms with Crippen LogP contribution in [0.25, 0.3) is 0 Å². The van der Waals surface area contributed by atoms with Crippen molar-refractivity contribution >= 4 is 38.9 Å². The van der Waals surface area contributed by atoms with Gasteiger partial charge in [-0.2, -0.15) is 0 Å². The van der Waals surface area contributed by atoms with Crippen molar-refractivity contribution in [2.75, 3.05) is 7.11 Å². The number of nitrogens with one attached hydrogen (secondary N) is 1. The van der Waals surface area contributed by atoms with Crippen molar-refractivity contribution in [3.05, 3.63) is 49.6 Å². The molecule has 1 heterocycles. The van der Waals surface area contributed by atoms with Crippen LogP contribution in [-0.4, -0.2) is 7.11 Å². The molecule has 0 bridgehead atoms. The molecule has 0 aliphatic rings. The smallest absolute Gasteiger partial charge is 0.119 e. The Balaban J connectivity index is 2.48. The monoisotopic (exact) mass is 346 g/mol. The van der Waals surface area contributed by atoms with Crippen LogP contribution in [0.15, 0.2) is 34.1 Å². The SMILES string of the molecule is COc1ccc(Br)c(C(NN)c2sccc2Cl)c1. The summed E-state index contributed by atoms with van der Waals surface area (Å²) in [5, 5.41) is 2.65. The highest BCUT2D eigenvalue weighted by Gasteiger charge is 2.20. The number of thiophene rings is 1. The lowest BCUT2D eigenvalue weighted by molar-refractivity contribution is 0.413. The summed E-state index contributed by atoms with van der Waals surface area (Å²) in [7, 11) is 1.63. The Morgan fingerprint density at radius 3 is 2.78 bits per heavy atom. The first kappa shape index (κ1) is 13.8. The highest BCUT2D eigenvalue weighted by molar-refractivity contribution is 9.10. The summed E-state index contributed by atoms with van der Waals surface area (Å²) in [6, 6.07) is 7.45. The summed E-state index contributed by atoms with van der Waals surface area (Å²) in [5.74, 6) is 6.44. The van der Waals surface area contributed by atoms with Crippen molar-refractivity contribution in [1.82, 2.24) is 5.43 Å². The molecule has 2 aromatic rings. The summed E-state index contributed by atoms with van der Waals surface area (Å²) in [6.45, 7) is 0. The molecule has 18 heavy (non-hydrogen) atoms. The molecule has 3 nitrogen and oxygen atoms in total. The van der Waals surface area contributed by atoms with Crippen molar-refractivity contribution in [2.45, 2.75) is 6.04 Å². The van der Waals surface area contributed by atoms with Gasteiger partial charge in [-0.05, 0) is 35.2 Å². The zero-order valence-corrected chi connectivity index (χ0v) is 12.8. The van der Waals surface area contributed by atoms with Crippen LogP contribution in [-0.2, 0) is 0 Å². The first-order valence-corrected chi connectivity index (χ1v) is 7.25. The van der Waals surface area contributed by atoms with Crippen LogP contribution in [0.4, 0.5) is 0 Å². The molecule has 1 unspecified atom stereocenters. The Kier molecular flexibility index (Phi) is 4.64. The lowest BCUT2D eigenvalue weighted by Gasteiger charge is -2.18. The lowest BCUT2D eigenvalue weighted by atomic mass is 10.1. The zero-order valence-electron chi connectivity index (χ0n) is 9.61. The van der Waals surface area contributed by atoms with Crippen LogP contribution in [0.1, 0.15) is 16.5 Å². The molecule has 0 aliphatic carbocycles. The first-order valence-electron chi connectivity index (χ1n) is 5.19. The van der Waals surface area contributed by atoms with Crippen molar-refractivity contribution in [2.24, 2.45) is 5.84 Å². The van der Waals surface area contributed by atoms with Gasteiger partial charge in [0.05, 0.1) is 18.2 Å². The third-order valence-electron chi connectivity index (χ3n) is 2.59. The minimum Gasteiger partial charge on any atom is -0.497 e. The second-order valence-corrected chi connectivity index (χ2v) is 5.83. The van der Waals surface area contributed by atoms with Gasteiger partial charge in [-0.3, -0.25) is 5.84 Å². The Morgan fingerprint density at radius 2 is 2.22 bits per heavy atom. The quantitative estimate of drug-likeness (QED) is 0.654. The molecule has 1 aromatic heterocycles. The van der Waals surface area contributed by atoms with Gasteiger partial charge < -0.3 is 4.74 Å². The van der Waals surface area contributed by atoms with Crippen molar-refractivity contribution < 1.29 is 4.74 Å². The Hall–Kier alpha value is -0.590. The van der Waals surface area contributed by atoms with E-state index < -0.39 is 0 Å². The second kappa shape index (κ2) is 6.04. The number of rotatable bonds is 4. The normalized spacial score (nSPS) is 12.4. The predicted molar refractivity (Wildman–Crippen MR) is 79.2 cm³/mol. The van der Waals surface area contributed by atoms with Crippen molar-refractivity contribution in [1.29, 1.82) is 0 Å². The molecular weight excluding hydrogens is 336 g/mol. The van der Waals surface area contributed by atoms with Crippen molar-refractivity contribution in [3.8, 4) is 5.75 Å². The fourth-order valence-electron chi connectivity index (χ4n) is 1.69. The Morgan fingerprint density at radius 1 is 1.44 bits per heavy atom. The first-order chi connectivity index (χ1) is 8.67. The molecule has 3 N–H and O–H groups in total. The fourth-order valence-corrected chi connectivity index (χ4v) is 3.41. The molecule has 0 spiro atoms. The van der Waals surface area contributed by atoms with Gasteiger partial charge >= 0.3 is 0 Å². The average Bonchev–Trinajstić information content (AvgIpc) is 2.79. The minimum absolute atomic E-state index is 0.165. The highest BCUT2D eigenvalue weighted by atomic mass is 79.9. The van der Waals surface area contributed by atoms with Gasteiger partial charge in [0.1, 0.15) is 5.75 Å². The summed E-state index contributed by atoms with van der Waals surface area (Å²) < 4.78 is 6.19. The molecule has 2 rings (SSSR count). The molecule has 1 aromatic carbocycles. The van der Waals surface area contributed by atoms with E-state index in [9.17, 15) is 0 Å². The van der Waals surface area contributed by atoms with Crippen molar-refractivity contribution in [3.63, 3.8) is 0 Å². The van der Waals surface area contributed by atoms with Crippen LogP contribution in [0.5, 0.6) is 5.75 Å². The molecule has 96 valence electrons. The molecule has 0 fully saturated rings. The molecule has 6 heteroatoms. The largest absolute Gasteiger partial charge is 0.497 e. The average molecular weight is 348 g/mol. The molecule has 1 atom stereocenters. The van der Waals surface area contributed by atoms with E-state index in [1.807, 2.05) is 29.6 Å². The van der Waals surface area contributed by atoms with E-state index in [1.54, 1.807) is 18.4 Å². The van der Waals surface area contributed by atoms with E-state index in [2.05, 4.69) is 21.4 Å². The maximum absolute atomic E-state index is 6.16. The number of ether oxygens (including phenoxy) is 1. The van der Waals surface area contributed by atoms with Crippen LogP contribution < -0.4 is 16.0 Å². The molecule has 0 saturated heterocycles. The van der Waals surface area contributed by atoms with Gasteiger partial charge in [0.15, 0.2) is 0 Å². The van der Waals surface area contributed by atoms with Crippen LogP contribution in [0.3, 0.4) is 0 Å². The maximum atomic E-state index is 6.16. The molecule has 0 aliphatic heterocycles. The topological polar surface area (TPSA) is 47.3 Å². The second-order valence-electron chi connectivity index (χ2n) is 3.62. The maximum Gasteiger partial charge on any atom is 0.119 e. The third kappa shape index (κ3) is 2.70. The number of hydrogen-bond acceptors (Lipinski definition) is 4. The number of nitrogens with two attached hydrogens (primary N) is 1. The van der Waals surface area contributed by atoms with Crippen LogP contribution in [0.2, 0.25) is 5.02 Å². The third-order valence-corrected chi connectivity index (χ3v) is 4.73. The summed E-state index contributed by atoms with van der Waals surface area (Å²) in [5.41, 5.74) is 3.78. The number of hydrogen-bond donors (Lipinski definition) is 2. The lowest BCUT2D eigenvalue weighted by Crippen LogP contribution is -2.28. The summed E-state index contributed by atoms with van der Waals surface area (Å²) in [4.78, 5) is 0.980. The highest BCUT2D eigenvalue weighted by Crippen LogP contribution is 2.36. The van der Waals surface area contributed by atoms with Gasteiger partial charge in [0.2, 0.25) is 0 Å². The summed E-state index contributed by atoms with van der Waals surface area (Å²) in [6.07, 6.45) is 0. The number of hydrazine groups is 1. The van der Waals surface area contributed by atoms with Gasteiger partial charge in [0.25, 0.3) is 0 Å². The van der Waals surface area contributed by atoms with Crippen LogP contribution in [0, 0.1) is 0 Å². The van der Waals surface area contributed by atoms with E-state index in [-0.39, 0.29) is 6.04 Å². The standard InChI is InChI=1S/C12H12BrClN2OS/c1-17-7-2-3-9(13)8(6-7)11(16-15)12-10(14)4-5-18-12/h2-6,11,16H,15H2,1H3. The molecule has 0 saturated carbocycles. The summed E-state index contributed by atoms with van der Waals surface area (Å²) >= 11 is 11.2. The molecular formula is C12H12BrClN2OS. The van der Waals surface area contributed by atoms with Gasteiger partial charge in [0, 0.05) is 9.35 Å². The number of halogens is 2. The van der Waals surface area contributed by atoms with Crippen LogP contribution >= 0.6 is 38.9 Å². The number of benzene rings is 1. The van der Waals surface area contributed by atoms with Gasteiger partial charge in [-0.25, -0.2) is 5.43 Å². The van der Waals surface area contributed by atoms with E-state index in [4.69, 9.17) is 22.2 Å². The number of methoxy groups -OCH3 is 1. The van der Waals surface area contributed by atoms with Gasteiger partial charge in [-0.15, -0.1) is 11.3 Å². The molecule has 0 radical (unpaired) electrons. The Bertz CT molecular complexity index is 547. The van der Waals surface area contributed by atoms with Gasteiger partial charge in [-0.1, -0.05) is 27.5 Å². The zero-order chi connectivity index (χ0) is 13.1. The van der Waals surface area contributed by atoms with E-state index in [1.165, 1.54) is 0 Å². The minimum atomic E-state index is -0.165. The van der Waals surface area contributed by atoms with E-state index >= 15 is 0 Å². The van der Waals surface area contributed by atoms with E-state index in [0.29, 0.717) is 5.02 Å². The molecule has 0 amide bonds. The fraction of sp³-hybridized carbons (Fsp3) is 0.167.